The van der Waals surface area contributed by atoms with Crippen molar-refractivity contribution in [2.75, 3.05) is 5.32 Å². The maximum Gasteiger partial charge on any atom is 0.218 e. The normalized spacial score (nSPS) is 12.2. The van der Waals surface area contributed by atoms with Gasteiger partial charge in [0.2, 0.25) is 5.88 Å². The SMILES string of the molecule is CC(C)Oc1cc(NC(C)c2cccc(Cl)c2)ncn1. The van der Waals surface area contributed by atoms with E-state index in [4.69, 9.17) is 16.3 Å². The smallest absolute Gasteiger partial charge is 0.218 e. The molecule has 0 spiro atoms. The van der Waals surface area contributed by atoms with Crippen LogP contribution in [0.2, 0.25) is 5.02 Å². The molecule has 2 rings (SSSR count). The van der Waals surface area contributed by atoms with Crippen molar-refractivity contribution in [1.29, 1.82) is 0 Å². The average molecular weight is 292 g/mol. The van der Waals surface area contributed by atoms with Gasteiger partial charge in [0.15, 0.2) is 0 Å². The molecule has 1 unspecified atom stereocenters. The third-order valence-corrected chi connectivity index (χ3v) is 2.95. The highest BCUT2D eigenvalue weighted by atomic mass is 35.5. The summed E-state index contributed by atoms with van der Waals surface area (Å²) in [6.45, 7) is 5.98. The molecule has 2 aromatic rings. The quantitative estimate of drug-likeness (QED) is 0.901. The second kappa shape index (κ2) is 6.57. The molecule has 0 saturated carbocycles. The molecule has 20 heavy (non-hydrogen) atoms. The molecule has 1 atom stereocenters. The molecule has 0 amide bonds. The molecule has 0 fully saturated rings. The zero-order valence-corrected chi connectivity index (χ0v) is 12.6. The van der Waals surface area contributed by atoms with Crippen LogP contribution in [-0.4, -0.2) is 16.1 Å². The molecule has 1 N–H and O–H groups in total. The van der Waals surface area contributed by atoms with Crippen molar-refractivity contribution in [1.82, 2.24) is 9.97 Å². The van der Waals surface area contributed by atoms with E-state index in [1.807, 2.05) is 38.1 Å². The Balaban J connectivity index is 2.09. The summed E-state index contributed by atoms with van der Waals surface area (Å²) in [5, 5.41) is 4.03. The third kappa shape index (κ3) is 4.10. The lowest BCUT2D eigenvalue weighted by Crippen LogP contribution is -2.10. The van der Waals surface area contributed by atoms with Gasteiger partial charge in [-0.25, -0.2) is 9.97 Å². The molecular weight excluding hydrogens is 274 g/mol. The van der Waals surface area contributed by atoms with Crippen LogP contribution < -0.4 is 10.1 Å². The van der Waals surface area contributed by atoms with Crippen LogP contribution in [0.3, 0.4) is 0 Å². The van der Waals surface area contributed by atoms with Crippen molar-refractivity contribution in [3.63, 3.8) is 0 Å². The Bertz CT molecular complexity index is 575. The van der Waals surface area contributed by atoms with Crippen LogP contribution in [0.25, 0.3) is 0 Å². The fourth-order valence-corrected chi connectivity index (χ4v) is 2.00. The van der Waals surface area contributed by atoms with Gasteiger partial charge in [0.25, 0.3) is 0 Å². The Kier molecular flexibility index (Phi) is 4.79. The number of nitrogens with one attached hydrogen (secondary N) is 1. The predicted octanol–water partition coefficient (Wildman–Crippen LogP) is 4.09. The van der Waals surface area contributed by atoms with E-state index in [9.17, 15) is 0 Å². The minimum Gasteiger partial charge on any atom is -0.475 e. The summed E-state index contributed by atoms with van der Waals surface area (Å²) in [6.07, 6.45) is 1.58. The summed E-state index contributed by atoms with van der Waals surface area (Å²) in [7, 11) is 0. The van der Waals surface area contributed by atoms with Gasteiger partial charge in [0.1, 0.15) is 12.1 Å². The van der Waals surface area contributed by atoms with Gasteiger partial charge >= 0.3 is 0 Å². The first-order valence-corrected chi connectivity index (χ1v) is 6.93. The number of halogens is 1. The van der Waals surface area contributed by atoms with Crippen molar-refractivity contribution in [2.45, 2.75) is 32.9 Å². The van der Waals surface area contributed by atoms with Gasteiger partial charge in [-0.05, 0) is 38.5 Å². The van der Waals surface area contributed by atoms with Gasteiger partial charge < -0.3 is 10.1 Å². The standard InChI is InChI=1S/C15H18ClN3O/c1-10(2)20-15-8-14(17-9-18-15)19-11(3)12-5-4-6-13(16)7-12/h4-11H,1-3H3,(H,17,18,19). The van der Waals surface area contributed by atoms with E-state index >= 15 is 0 Å². The zero-order chi connectivity index (χ0) is 14.5. The number of aromatic nitrogens is 2. The second-order valence-corrected chi connectivity index (χ2v) is 5.27. The van der Waals surface area contributed by atoms with Crippen LogP contribution in [0.4, 0.5) is 5.82 Å². The van der Waals surface area contributed by atoms with E-state index in [0.29, 0.717) is 5.88 Å². The minimum atomic E-state index is 0.0862. The number of anilines is 1. The molecule has 1 aromatic heterocycles. The highest BCUT2D eigenvalue weighted by molar-refractivity contribution is 6.30. The van der Waals surface area contributed by atoms with Crippen LogP contribution in [0.1, 0.15) is 32.4 Å². The Morgan fingerprint density at radius 3 is 2.65 bits per heavy atom. The summed E-state index contributed by atoms with van der Waals surface area (Å²) in [5.74, 6) is 1.29. The average Bonchev–Trinajstić information content (AvgIpc) is 2.38. The topological polar surface area (TPSA) is 47.0 Å². The monoisotopic (exact) mass is 291 g/mol. The first kappa shape index (κ1) is 14.6. The molecule has 0 aliphatic rings. The molecule has 0 saturated heterocycles. The third-order valence-electron chi connectivity index (χ3n) is 2.71. The van der Waals surface area contributed by atoms with Crippen LogP contribution in [0.15, 0.2) is 36.7 Å². The van der Waals surface area contributed by atoms with Crippen LogP contribution >= 0.6 is 11.6 Å². The Labute approximate surface area is 124 Å². The van der Waals surface area contributed by atoms with E-state index in [1.165, 1.54) is 6.33 Å². The number of benzene rings is 1. The maximum atomic E-state index is 6.00. The number of rotatable bonds is 5. The fraction of sp³-hybridized carbons (Fsp3) is 0.333. The van der Waals surface area contributed by atoms with Crippen LogP contribution in [-0.2, 0) is 0 Å². The van der Waals surface area contributed by atoms with Crippen molar-refractivity contribution in [3.8, 4) is 5.88 Å². The molecule has 0 radical (unpaired) electrons. The van der Waals surface area contributed by atoms with Crippen LogP contribution in [0.5, 0.6) is 5.88 Å². The van der Waals surface area contributed by atoms with E-state index in [1.54, 1.807) is 6.07 Å². The minimum absolute atomic E-state index is 0.0862. The molecule has 5 heteroatoms. The Morgan fingerprint density at radius 2 is 1.95 bits per heavy atom. The summed E-state index contributed by atoms with van der Waals surface area (Å²) < 4.78 is 5.55. The van der Waals surface area contributed by atoms with Crippen molar-refractivity contribution in [2.24, 2.45) is 0 Å². The van der Waals surface area contributed by atoms with Gasteiger partial charge in [-0.15, -0.1) is 0 Å². The van der Waals surface area contributed by atoms with Gasteiger partial charge in [0.05, 0.1) is 6.10 Å². The molecule has 0 aliphatic heterocycles. The molecule has 0 aliphatic carbocycles. The molecule has 106 valence electrons. The number of hydrogen-bond acceptors (Lipinski definition) is 4. The lowest BCUT2D eigenvalue weighted by atomic mass is 10.1. The van der Waals surface area contributed by atoms with E-state index in [2.05, 4.69) is 22.2 Å². The molecule has 1 aromatic carbocycles. The van der Waals surface area contributed by atoms with E-state index < -0.39 is 0 Å². The van der Waals surface area contributed by atoms with Gasteiger partial charge in [-0.3, -0.25) is 0 Å². The predicted molar refractivity (Wildman–Crippen MR) is 81.3 cm³/mol. The van der Waals surface area contributed by atoms with E-state index in [0.717, 1.165) is 16.4 Å². The lowest BCUT2D eigenvalue weighted by molar-refractivity contribution is 0.232. The lowest BCUT2D eigenvalue weighted by Gasteiger charge is -2.16. The van der Waals surface area contributed by atoms with Crippen LogP contribution in [0, 0.1) is 0 Å². The summed E-state index contributed by atoms with van der Waals surface area (Å²) in [6, 6.07) is 9.64. The maximum absolute atomic E-state index is 6.00. The summed E-state index contributed by atoms with van der Waals surface area (Å²) in [4.78, 5) is 8.28. The molecular formula is C15H18ClN3O. The Morgan fingerprint density at radius 1 is 1.15 bits per heavy atom. The Hall–Kier alpha value is -1.81. The first-order chi connectivity index (χ1) is 9.54. The molecule has 0 bridgehead atoms. The van der Waals surface area contributed by atoms with Crippen molar-refractivity contribution >= 4 is 17.4 Å². The number of nitrogens with zero attached hydrogens (tertiary/aromatic N) is 2. The van der Waals surface area contributed by atoms with Gasteiger partial charge in [-0.1, -0.05) is 23.7 Å². The number of ether oxygens (including phenoxy) is 1. The molecule has 4 nitrogen and oxygen atoms in total. The van der Waals surface area contributed by atoms with Gasteiger partial charge in [-0.2, -0.15) is 0 Å². The highest BCUT2D eigenvalue weighted by Crippen LogP contribution is 2.22. The highest BCUT2D eigenvalue weighted by Gasteiger charge is 2.08. The largest absolute Gasteiger partial charge is 0.475 e. The fourth-order valence-electron chi connectivity index (χ4n) is 1.81. The van der Waals surface area contributed by atoms with E-state index in [-0.39, 0.29) is 12.1 Å². The van der Waals surface area contributed by atoms with Gasteiger partial charge in [0, 0.05) is 17.1 Å². The second-order valence-electron chi connectivity index (χ2n) is 4.83. The number of hydrogen-bond donors (Lipinski definition) is 1. The summed E-state index contributed by atoms with van der Waals surface area (Å²) in [5.41, 5.74) is 1.10. The van der Waals surface area contributed by atoms with Crippen molar-refractivity contribution in [3.05, 3.63) is 47.2 Å². The zero-order valence-electron chi connectivity index (χ0n) is 11.8. The van der Waals surface area contributed by atoms with Crippen molar-refractivity contribution < 1.29 is 4.74 Å². The molecule has 1 heterocycles. The summed E-state index contributed by atoms with van der Waals surface area (Å²) >= 11 is 6.00. The first-order valence-electron chi connectivity index (χ1n) is 6.55.